The lowest BCUT2D eigenvalue weighted by Crippen LogP contribution is -2.24. The van der Waals surface area contributed by atoms with Crippen LogP contribution in [0.5, 0.6) is 0 Å². The number of benzene rings is 1. The van der Waals surface area contributed by atoms with Gasteiger partial charge in [0.15, 0.2) is 0 Å². The van der Waals surface area contributed by atoms with E-state index in [2.05, 4.69) is 12.2 Å². The maximum absolute atomic E-state index is 12.6. The fourth-order valence-corrected chi connectivity index (χ4v) is 2.61. The minimum Gasteiger partial charge on any atom is -0.478 e. The zero-order valence-electron chi connectivity index (χ0n) is 14.1. The predicted octanol–water partition coefficient (Wildman–Crippen LogP) is 3.66. The van der Waals surface area contributed by atoms with Crippen molar-refractivity contribution in [2.24, 2.45) is 0 Å². The van der Waals surface area contributed by atoms with Crippen molar-refractivity contribution in [3.05, 3.63) is 59.4 Å². The Morgan fingerprint density at radius 1 is 1.29 bits per heavy atom. The fourth-order valence-electron chi connectivity index (χ4n) is 2.61. The summed E-state index contributed by atoms with van der Waals surface area (Å²) in [5, 5.41) is 11.8. The van der Waals surface area contributed by atoms with E-state index in [-0.39, 0.29) is 5.91 Å². The van der Waals surface area contributed by atoms with Crippen molar-refractivity contribution in [3.63, 3.8) is 0 Å². The minimum atomic E-state index is -1.02. The third kappa shape index (κ3) is 3.93. The van der Waals surface area contributed by atoms with Crippen LogP contribution in [-0.2, 0) is 16.0 Å². The Bertz CT molecular complexity index is 775. The van der Waals surface area contributed by atoms with Gasteiger partial charge in [-0.3, -0.25) is 4.79 Å². The molecular weight excluding hydrogens is 304 g/mol. The molecule has 0 aliphatic rings. The van der Waals surface area contributed by atoms with Gasteiger partial charge in [0, 0.05) is 23.7 Å². The van der Waals surface area contributed by atoms with E-state index in [0.717, 1.165) is 29.3 Å². The van der Waals surface area contributed by atoms with Gasteiger partial charge in [0.1, 0.15) is 6.04 Å². The van der Waals surface area contributed by atoms with E-state index in [4.69, 9.17) is 5.11 Å². The van der Waals surface area contributed by atoms with Crippen LogP contribution in [0.1, 0.15) is 36.7 Å². The number of nitrogens with zero attached hydrogens (tertiary/aromatic N) is 1. The van der Waals surface area contributed by atoms with E-state index in [9.17, 15) is 9.59 Å². The Morgan fingerprint density at radius 2 is 2.04 bits per heavy atom. The first-order valence-corrected chi connectivity index (χ1v) is 7.91. The van der Waals surface area contributed by atoms with Gasteiger partial charge in [0.05, 0.1) is 0 Å². The van der Waals surface area contributed by atoms with Crippen molar-refractivity contribution in [2.75, 3.05) is 5.32 Å². The third-order valence-electron chi connectivity index (χ3n) is 3.99. The van der Waals surface area contributed by atoms with E-state index in [1.54, 1.807) is 29.8 Å². The second-order valence-corrected chi connectivity index (χ2v) is 5.64. The molecule has 2 N–H and O–H groups in total. The smallest absolute Gasteiger partial charge is 0.328 e. The number of carboxylic acid groups (broad SMARTS) is 1. The summed E-state index contributed by atoms with van der Waals surface area (Å²) in [6, 6.07) is 9.05. The molecule has 1 amide bonds. The molecule has 1 atom stereocenters. The molecule has 1 unspecified atom stereocenters. The van der Waals surface area contributed by atoms with Crippen LogP contribution in [0, 0.1) is 6.92 Å². The number of aliphatic carboxylic acids is 1. The molecule has 0 bridgehead atoms. The first-order valence-electron chi connectivity index (χ1n) is 7.91. The summed E-state index contributed by atoms with van der Waals surface area (Å²) in [5.41, 5.74) is 3.63. The number of carbonyl (C=O) groups excluding carboxylic acids is 1. The van der Waals surface area contributed by atoms with Crippen LogP contribution in [0.2, 0.25) is 0 Å². The largest absolute Gasteiger partial charge is 0.478 e. The van der Waals surface area contributed by atoms with Crippen LogP contribution >= 0.6 is 0 Å². The lowest BCUT2D eigenvalue weighted by atomic mass is 10.1. The van der Waals surface area contributed by atoms with Gasteiger partial charge in [-0.2, -0.15) is 0 Å². The quantitative estimate of drug-likeness (QED) is 0.796. The van der Waals surface area contributed by atoms with Crippen molar-refractivity contribution in [1.82, 2.24) is 4.57 Å². The minimum absolute atomic E-state index is 0.139. The maximum atomic E-state index is 12.6. The molecule has 0 fully saturated rings. The van der Waals surface area contributed by atoms with Crippen LogP contribution in [-0.4, -0.2) is 21.6 Å². The molecule has 126 valence electrons. The number of amides is 1. The molecule has 2 rings (SSSR count). The Hall–Kier alpha value is -2.82. The second-order valence-electron chi connectivity index (χ2n) is 5.64. The maximum Gasteiger partial charge on any atom is 0.328 e. The summed E-state index contributed by atoms with van der Waals surface area (Å²) in [4.78, 5) is 23.3. The van der Waals surface area contributed by atoms with Crippen molar-refractivity contribution in [2.45, 2.75) is 33.2 Å². The Balaban J connectivity index is 2.23. The normalized spacial score (nSPS) is 12.3. The van der Waals surface area contributed by atoms with Crippen LogP contribution in [0.4, 0.5) is 5.69 Å². The lowest BCUT2D eigenvalue weighted by molar-refractivity contribution is -0.131. The van der Waals surface area contributed by atoms with Gasteiger partial charge >= 0.3 is 5.97 Å². The van der Waals surface area contributed by atoms with Gasteiger partial charge < -0.3 is 15.0 Å². The van der Waals surface area contributed by atoms with Crippen molar-refractivity contribution >= 4 is 23.6 Å². The number of aromatic nitrogens is 1. The zero-order chi connectivity index (χ0) is 17.7. The molecule has 0 saturated heterocycles. The predicted molar refractivity (Wildman–Crippen MR) is 95.0 cm³/mol. The van der Waals surface area contributed by atoms with Crippen molar-refractivity contribution in [1.29, 1.82) is 0 Å². The number of nitrogens with one attached hydrogen (secondary N) is 1. The van der Waals surface area contributed by atoms with E-state index >= 15 is 0 Å². The average molecular weight is 326 g/mol. The summed E-state index contributed by atoms with van der Waals surface area (Å²) in [7, 11) is 0. The highest BCUT2D eigenvalue weighted by atomic mass is 16.4. The van der Waals surface area contributed by atoms with Crippen LogP contribution in [0.15, 0.2) is 42.6 Å². The number of aryl methyl sites for hydroxylation is 2. The topological polar surface area (TPSA) is 71.3 Å². The molecule has 1 aromatic heterocycles. The van der Waals surface area contributed by atoms with Crippen LogP contribution < -0.4 is 5.32 Å². The lowest BCUT2D eigenvalue weighted by Gasteiger charge is -2.19. The SMILES string of the molecule is CCc1cccc(C)c1NC(=O)C(C)n1cccc1/C=C/C(=O)O. The van der Waals surface area contributed by atoms with Crippen molar-refractivity contribution in [3.8, 4) is 0 Å². The van der Waals surface area contributed by atoms with E-state index in [0.29, 0.717) is 5.69 Å². The monoisotopic (exact) mass is 326 g/mol. The third-order valence-corrected chi connectivity index (χ3v) is 3.99. The summed E-state index contributed by atoms with van der Waals surface area (Å²) in [6.45, 7) is 5.81. The molecule has 24 heavy (non-hydrogen) atoms. The molecule has 2 aromatic rings. The second kappa shape index (κ2) is 7.64. The summed E-state index contributed by atoms with van der Waals surface area (Å²) in [6.07, 6.45) is 5.15. The number of hydrogen-bond donors (Lipinski definition) is 2. The number of para-hydroxylation sites is 1. The van der Waals surface area contributed by atoms with Gasteiger partial charge in [0.2, 0.25) is 5.91 Å². The first kappa shape index (κ1) is 17.5. The number of carbonyl (C=O) groups is 2. The molecule has 5 heteroatoms. The average Bonchev–Trinajstić information content (AvgIpc) is 3.02. The summed E-state index contributed by atoms with van der Waals surface area (Å²) in [5.74, 6) is -1.16. The molecule has 0 spiro atoms. The molecule has 1 aromatic carbocycles. The fraction of sp³-hybridized carbons (Fsp3) is 0.263. The molecule has 0 aliphatic heterocycles. The first-order chi connectivity index (χ1) is 11.4. The summed E-state index contributed by atoms with van der Waals surface area (Å²) >= 11 is 0. The number of carboxylic acids is 1. The Labute approximate surface area is 141 Å². The Morgan fingerprint density at radius 3 is 2.71 bits per heavy atom. The van der Waals surface area contributed by atoms with Gasteiger partial charge in [-0.15, -0.1) is 0 Å². The molecular formula is C19H22N2O3. The highest BCUT2D eigenvalue weighted by Gasteiger charge is 2.18. The van der Waals surface area contributed by atoms with Gasteiger partial charge in [-0.25, -0.2) is 4.79 Å². The number of anilines is 1. The highest BCUT2D eigenvalue weighted by molar-refractivity contribution is 5.95. The molecule has 0 radical (unpaired) electrons. The van der Waals surface area contributed by atoms with Gasteiger partial charge in [-0.1, -0.05) is 25.1 Å². The van der Waals surface area contributed by atoms with E-state index < -0.39 is 12.0 Å². The van der Waals surface area contributed by atoms with E-state index in [1.807, 2.05) is 25.1 Å². The number of hydrogen-bond acceptors (Lipinski definition) is 2. The standard InChI is InChI=1S/C19H22N2O3/c1-4-15-8-5-7-13(2)18(15)20-19(24)14(3)21-12-6-9-16(21)10-11-17(22)23/h5-12,14H,4H2,1-3H3,(H,20,24)(H,22,23)/b11-10+. The molecule has 0 aliphatic carbocycles. The van der Waals surface area contributed by atoms with E-state index in [1.165, 1.54) is 6.08 Å². The molecule has 1 heterocycles. The van der Waals surface area contributed by atoms with Crippen LogP contribution in [0.25, 0.3) is 6.08 Å². The Kier molecular flexibility index (Phi) is 5.58. The van der Waals surface area contributed by atoms with Crippen LogP contribution in [0.3, 0.4) is 0 Å². The number of rotatable bonds is 6. The molecule has 0 saturated carbocycles. The molecule has 5 nitrogen and oxygen atoms in total. The van der Waals surface area contributed by atoms with Gasteiger partial charge in [0.25, 0.3) is 0 Å². The summed E-state index contributed by atoms with van der Waals surface area (Å²) < 4.78 is 1.75. The zero-order valence-corrected chi connectivity index (χ0v) is 14.1. The van der Waals surface area contributed by atoms with Gasteiger partial charge in [-0.05, 0) is 49.6 Å². The van der Waals surface area contributed by atoms with Crippen molar-refractivity contribution < 1.29 is 14.7 Å². The highest BCUT2D eigenvalue weighted by Crippen LogP contribution is 2.23.